The molecule has 1 aliphatic heterocycles. The Morgan fingerprint density at radius 3 is 2.78 bits per heavy atom. The number of nitrogens with one attached hydrogen (secondary N) is 1. The molecule has 1 N–H and O–H groups in total. The number of piperidine rings is 1. The van der Waals surface area contributed by atoms with Crippen LogP contribution in [0.25, 0.3) is 10.9 Å². The highest BCUT2D eigenvalue weighted by Gasteiger charge is 2.39. The van der Waals surface area contributed by atoms with Crippen molar-refractivity contribution in [3.05, 3.63) is 51.7 Å². The van der Waals surface area contributed by atoms with Crippen molar-refractivity contribution in [3.63, 3.8) is 0 Å². The van der Waals surface area contributed by atoms with Crippen molar-refractivity contribution in [2.75, 3.05) is 13.1 Å². The summed E-state index contributed by atoms with van der Waals surface area (Å²) in [5.74, 6) is 0. The number of likely N-dealkylation sites (tertiary alicyclic amines) is 1. The number of hydrogen-bond acceptors (Lipinski definition) is 3. The number of nitrogens with zero attached hydrogens (tertiary/aromatic N) is 2. The van der Waals surface area contributed by atoms with Gasteiger partial charge in [0.2, 0.25) is 0 Å². The predicted molar refractivity (Wildman–Crippen MR) is 106 cm³/mol. The van der Waals surface area contributed by atoms with Gasteiger partial charge in [0.1, 0.15) is 6.17 Å². The van der Waals surface area contributed by atoms with E-state index in [9.17, 15) is 9.18 Å². The number of aromatic amines is 1. The molecule has 2 aromatic rings. The van der Waals surface area contributed by atoms with Crippen LogP contribution in [0.3, 0.4) is 0 Å². The largest absolute Gasteiger partial charge is 0.322 e. The number of aryl methyl sites for hydroxylation is 1. The first-order valence-electron chi connectivity index (χ1n) is 9.49. The smallest absolute Gasteiger partial charge is 0.251 e. The summed E-state index contributed by atoms with van der Waals surface area (Å²) >= 11 is 0. The molecule has 2 heterocycles. The molecule has 0 bridgehead atoms. The molecule has 2 unspecified atom stereocenters. The van der Waals surface area contributed by atoms with Gasteiger partial charge in [0, 0.05) is 29.1 Å². The van der Waals surface area contributed by atoms with Crippen LogP contribution in [0.15, 0.2) is 23.0 Å². The van der Waals surface area contributed by atoms with E-state index in [1.165, 1.54) is 0 Å². The third-order valence-corrected chi connectivity index (χ3v) is 5.57. The summed E-state index contributed by atoms with van der Waals surface area (Å²) in [6, 6.07) is 7.27. The molecule has 0 saturated carbocycles. The SMILES string of the molecule is Cc1c(CCN2CC[CH]C(F)C2C(C)(C)C)c(=O)[nH]c2cc(C#N)ccc12. The van der Waals surface area contributed by atoms with Crippen molar-refractivity contribution >= 4 is 10.9 Å². The van der Waals surface area contributed by atoms with Crippen LogP contribution in [-0.2, 0) is 6.42 Å². The van der Waals surface area contributed by atoms with E-state index in [2.05, 4.69) is 36.7 Å². The lowest BCUT2D eigenvalue weighted by Gasteiger charge is -2.45. The Bertz CT molecular complexity index is 935. The minimum atomic E-state index is -0.945. The van der Waals surface area contributed by atoms with E-state index in [0.717, 1.165) is 29.5 Å². The molecular weight excluding hydrogens is 341 g/mol. The molecule has 1 aromatic heterocycles. The average molecular weight is 368 g/mol. The molecular formula is C22H27FN3O. The molecule has 1 aliphatic rings. The van der Waals surface area contributed by atoms with Gasteiger partial charge in [0.15, 0.2) is 0 Å². The highest BCUT2D eigenvalue weighted by atomic mass is 19.1. The average Bonchev–Trinajstić information content (AvgIpc) is 2.59. The van der Waals surface area contributed by atoms with Crippen LogP contribution in [0.4, 0.5) is 4.39 Å². The molecule has 0 amide bonds. The zero-order valence-electron chi connectivity index (χ0n) is 16.5. The van der Waals surface area contributed by atoms with Gasteiger partial charge in [-0.25, -0.2) is 4.39 Å². The second-order valence-electron chi connectivity index (χ2n) is 8.50. The van der Waals surface area contributed by atoms with Crippen LogP contribution in [0.2, 0.25) is 0 Å². The maximum absolute atomic E-state index is 14.6. The van der Waals surface area contributed by atoms with E-state index in [0.29, 0.717) is 24.0 Å². The van der Waals surface area contributed by atoms with Gasteiger partial charge in [-0.2, -0.15) is 5.26 Å². The van der Waals surface area contributed by atoms with Crippen LogP contribution in [0, 0.1) is 30.1 Å². The van der Waals surface area contributed by atoms with Gasteiger partial charge in [-0.05, 0) is 55.8 Å². The van der Waals surface area contributed by atoms with E-state index >= 15 is 0 Å². The number of rotatable bonds is 3. The number of H-pyrrole nitrogens is 1. The first-order chi connectivity index (χ1) is 12.7. The highest BCUT2D eigenvalue weighted by molar-refractivity contribution is 5.84. The van der Waals surface area contributed by atoms with Crippen molar-refractivity contribution in [3.8, 4) is 6.07 Å². The molecule has 27 heavy (non-hydrogen) atoms. The molecule has 3 rings (SSSR count). The second-order valence-corrected chi connectivity index (χ2v) is 8.50. The quantitative estimate of drug-likeness (QED) is 0.893. The number of alkyl halides is 1. The molecule has 0 aliphatic carbocycles. The van der Waals surface area contributed by atoms with E-state index in [1.54, 1.807) is 18.6 Å². The van der Waals surface area contributed by atoms with Crippen molar-refractivity contribution in [1.29, 1.82) is 5.26 Å². The Hall–Kier alpha value is -2.19. The van der Waals surface area contributed by atoms with Gasteiger partial charge in [-0.3, -0.25) is 9.69 Å². The van der Waals surface area contributed by atoms with Crippen LogP contribution in [0.1, 0.15) is 43.9 Å². The second kappa shape index (κ2) is 7.44. The van der Waals surface area contributed by atoms with Crippen molar-refractivity contribution in [1.82, 2.24) is 9.88 Å². The maximum Gasteiger partial charge on any atom is 0.251 e. The Kier molecular flexibility index (Phi) is 5.39. The molecule has 1 saturated heterocycles. The van der Waals surface area contributed by atoms with Crippen LogP contribution in [0.5, 0.6) is 0 Å². The van der Waals surface area contributed by atoms with E-state index in [4.69, 9.17) is 5.26 Å². The number of hydrogen-bond donors (Lipinski definition) is 1. The minimum Gasteiger partial charge on any atom is -0.322 e. The van der Waals surface area contributed by atoms with Crippen molar-refractivity contribution in [2.45, 2.75) is 52.8 Å². The summed E-state index contributed by atoms with van der Waals surface area (Å²) in [7, 11) is 0. The lowest BCUT2D eigenvalue weighted by Crippen LogP contribution is -2.54. The third-order valence-electron chi connectivity index (χ3n) is 5.57. The Morgan fingerprint density at radius 1 is 1.37 bits per heavy atom. The van der Waals surface area contributed by atoms with Gasteiger partial charge in [0.25, 0.3) is 5.56 Å². The fourth-order valence-corrected chi connectivity index (χ4v) is 4.28. The van der Waals surface area contributed by atoms with Gasteiger partial charge >= 0.3 is 0 Å². The number of fused-ring (bicyclic) bond motifs is 1. The van der Waals surface area contributed by atoms with E-state index in [1.807, 2.05) is 13.0 Å². The summed E-state index contributed by atoms with van der Waals surface area (Å²) in [5, 5.41) is 10.0. The minimum absolute atomic E-state index is 0.122. The molecule has 2 atom stereocenters. The van der Waals surface area contributed by atoms with Gasteiger partial charge in [-0.1, -0.05) is 26.8 Å². The van der Waals surface area contributed by atoms with Gasteiger partial charge < -0.3 is 4.98 Å². The van der Waals surface area contributed by atoms with Crippen LogP contribution >= 0.6 is 0 Å². The van der Waals surface area contributed by atoms with Crippen LogP contribution < -0.4 is 5.56 Å². The van der Waals surface area contributed by atoms with E-state index in [-0.39, 0.29) is 17.0 Å². The predicted octanol–water partition coefficient (Wildman–Crippen LogP) is 3.91. The number of benzene rings is 1. The summed E-state index contributed by atoms with van der Waals surface area (Å²) < 4.78 is 14.6. The Balaban J connectivity index is 1.88. The first kappa shape index (κ1) is 19.6. The summed E-state index contributed by atoms with van der Waals surface area (Å²) in [4.78, 5) is 17.7. The lowest BCUT2D eigenvalue weighted by molar-refractivity contribution is 0.0243. The fourth-order valence-electron chi connectivity index (χ4n) is 4.28. The van der Waals surface area contributed by atoms with Crippen molar-refractivity contribution < 1.29 is 4.39 Å². The number of pyridine rings is 1. The zero-order valence-corrected chi connectivity index (χ0v) is 16.5. The molecule has 0 spiro atoms. The standard InChI is InChI=1S/C22H27FN3O/c1-14-16-8-7-15(13-24)12-19(16)25-21(27)17(14)9-11-26-10-5-6-18(23)20(26)22(2,3)4/h6-8,12,18,20H,5,9-11H2,1-4H3,(H,25,27). The summed E-state index contributed by atoms with van der Waals surface area (Å²) in [6.07, 6.45) is 2.14. The normalized spacial score (nSPS) is 21.3. The summed E-state index contributed by atoms with van der Waals surface area (Å²) in [6.45, 7) is 9.62. The number of nitriles is 1. The third kappa shape index (κ3) is 3.91. The Morgan fingerprint density at radius 2 is 2.11 bits per heavy atom. The van der Waals surface area contributed by atoms with E-state index < -0.39 is 6.17 Å². The molecule has 1 fully saturated rings. The fraction of sp³-hybridized carbons (Fsp3) is 0.500. The Labute approximate surface area is 160 Å². The first-order valence-corrected chi connectivity index (χ1v) is 9.49. The molecule has 4 nitrogen and oxygen atoms in total. The number of aromatic nitrogens is 1. The zero-order chi connectivity index (χ0) is 19.8. The molecule has 5 heteroatoms. The van der Waals surface area contributed by atoms with Crippen molar-refractivity contribution in [2.24, 2.45) is 5.41 Å². The van der Waals surface area contributed by atoms with Gasteiger partial charge in [-0.15, -0.1) is 0 Å². The highest BCUT2D eigenvalue weighted by Crippen LogP contribution is 2.33. The maximum atomic E-state index is 14.6. The monoisotopic (exact) mass is 368 g/mol. The molecule has 1 aromatic carbocycles. The lowest BCUT2D eigenvalue weighted by atomic mass is 9.79. The van der Waals surface area contributed by atoms with Gasteiger partial charge in [0.05, 0.1) is 11.6 Å². The number of halogens is 1. The molecule has 143 valence electrons. The topological polar surface area (TPSA) is 59.9 Å². The summed E-state index contributed by atoms with van der Waals surface area (Å²) in [5.41, 5.74) is 2.59. The van der Waals surface area contributed by atoms with Crippen LogP contribution in [-0.4, -0.2) is 35.2 Å². The molecule has 1 radical (unpaired) electrons.